The fourth-order valence-corrected chi connectivity index (χ4v) is 2.11. The van der Waals surface area contributed by atoms with Gasteiger partial charge >= 0.3 is 0 Å². The average Bonchev–Trinajstić information content (AvgIpc) is 2.15. The highest BCUT2D eigenvalue weighted by molar-refractivity contribution is 7.88. The van der Waals surface area contributed by atoms with Gasteiger partial charge in [-0.1, -0.05) is 12.8 Å². The molecule has 0 amide bonds. The van der Waals surface area contributed by atoms with E-state index in [0.717, 1.165) is 13.0 Å². The lowest BCUT2D eigenvalue weighted by Crippen LogP contribution is -2.32. The van der Waals surface area contributed by atoms with Crippen LogP contribution in [0.3, 0.4) is 0 Å². The van der Waals surface area contributed by atoms with Crippen molar-refractivity contribution in [2.45, 2.75) is 20.3 Å². The fraction of sp³-hybridized carbons (Fsp3) is 0.800. The molecule has 15 heavy (non-hydrogen) atoms. The van der Waals surface area contributed by atoms with Gasteiger partial charge in [-0.15, -0.1) is 5.92 Å². The highest BCUT2D eigenvalue weighted by Crippen LogP contribution is 1.97. The highest BCUT2D eigenvalue weighted by atomic mass is 32.2. The van der Waals surface area contributed by atoms with Gasteiger partial charge in [0.05, 0.1) is 12.8 Å². The van der Waals surface area contributed by atoms with Crippen molar-refractivity contribution < 1.29 is 8.42 Å². The van der Waals surface area contributed by atoms with E-state index in [2.05, 4.69) is 17.2 Å². The molecule has 0 rings (SSSR count). The molecule has 1 N–H and O–H groups in total. The van der Waals surface area contributed by atoms with Crippen LogP contribution in [0.1, 0.15) is 20.3 Å². The van der Waals surface area contributed by atoms with Crippen LogP contribution >= 0.6 is 0 Å². The molecule has 0 aliphatic heterocycles. The zero-order chi connectivity index (χ0) is 11.7. The molecule has 0 aliphatic carbocycles. The molecule has 0 aromatic heterocycles. The molecule has 0 atom stereocenters. The normalized spacial score (nSPS) is 11.2. The molecule has 0 radical (unpaired) electrons. The molecule has 0 heterocycles. The standard InChI is InChI=1S/C10H20N2O2S/c1-4-6-8-11-9-7-10-12(5-2)15(3,13)14/h11H,5,7-10H2,1-3H3. The first-order valence-electron chi connectivity index (χ1n) is 5.07. The molecule has 88 valence electrons. The minimum atomic E-state index is -3.03. The van der Waals surface area contributed by atoms with Gasteiger partial charge < -0.3 is 5.32 Å². The van der Waals surface area contributed by atoms with Crippen LogP contribution in [-0.4, -0.2) is 45.2 Å². The van der Waals surface area contributed by atoms with E-state index in [4.69, 9.17) is 0 Å². The highest BCUT2D eigenvalue weighted by Gasteiger charge is 2.12. The summed E-state index contributed by atoms with van der Waals surface area (Å²) in [6, 6.07) is 0. The number of hydrogen-bond donors (Lipinski definition) is 1. The summed E-state index contributed by atoms with van der Waals surface area (Å²) in [5.41, 5.74) is 0. The summed E-state index contributed by atoms with van der Waals surface area (Å²) in [7, 11) is -3.03. The Bertz CT molecular complexity index is 314. The van der Waals surface area contributed by atoms with E-state index in [1.165, 1.54) is 10.6 Å². The second-order valence-electron chi connectivity index (χ2n) is 3.21. The minimum absolute atomic E-state index is 0.535. The maximum atomic E-state index is 11.2. The van der Waals surface area contributed by atoms with Gasteiger partial charge in [0.15, 0.2) is 0 Å². The predicted molar refractivity (Wildman–Crippen MR) is 63.0 cm³/mol. The van der Waals surface area contributed by atoms with Crippen molar-refractivity contribution in [2.75, 3.05) is 32.4 Å². The van der Waals surface area contributed by atoms with Crippen LogP contribution in [-0.2, 0) is 10.0 Å². The van der Waals surface area contributed by atoms with Crippen LogP contribution in [0, 0.1) is 11.8 Å². The van der Waals surface area contributed by atoms with Gasteiger partial charge in [-0.25, -0.2) is 12.7 Å². The van der Waals surface area contributed by atoms with Gasteiger partial charge in [-0.2, -0.15) is 0 Å². The second-order valence-corrected chi connectivity index (χ2v) is 5.19. The topological polar surface area (TPSA) is 49.4 Å². The van der Waals surface area contributed by atoms with E-state index in [1.807, 2.05) is 6.92 Å². The van der Waals surface area contributed by atoms with Crippen LogP contribution in [0.5, 0.6) is 0 Å². The summed E-state index contributed by atoms with van der Waals surface area (Å²) in [6.45, 7) is 6.21. The molecular formula is C10H20N2O2S. The summed E-state index contributed by atoms with van der Waals surface area (Å²) >= 11 is 0. The molecule has 4 nitrogen and oxygen atoms in total. The van der Waals surface area contributed by atoms with E-state index in [1.54, 1.807) is 6.92 Å². The smallest absolute Gasteiger partial charge is 0.211 e. The number of sulfonamides is 1. The molecular weight excluding hydrogens is 212 g/mol. The first-order chi connectivity index (χ1) is 7.02. The molecule has 0 spiro atoms. The molecule has 0 unspecified atom stereocenters. The van der Waals surface area contributed by atoms with E-state index in [0.29, 0.717) is 19.6 Å². The Labute approximate surface area is 93.1 Å². The van der Waals surface area contributed by atoms with Crippen molar-refractivity contribution in [1.82, 2.24) is 9.62 Å². The van der Waals surface area contributed by atoms with Gasteiger partial charge in [0.2, 0.25) is 10.0 Å². The van der Waals surface area contributed by atoms with Gasteiger partial charge in [-0.05, 0) is 19.9 Å². The Morgan fingerprint density at radius 3 is 2.53 bits per heavy atom. The summed E-state index contributed by atoms with van der Waals surface area (Å²) in [4.78, 5) is 0. The second kappa shape index (κ2) is 7.69. The van der Waals surface area contributed by atoms with Gasteiger partial charge in [0.1, 0.15) is 0 Å². The Morgan fingerprint density at radius 1 is 1.40 bits per heavy atom. The molecule has 0 aromatic carbocycles. The molecule has 0 saturated heterocycles. The zero-order valence-electron chi connectivity index (χ0n) is 9.71. The van der Waals surface area contributed by atoms with Gasteiger partial charge in [0.25, 0.3) is 0 Å². The van der Waals surface area contributed by atoms with Crippen LogP contribution in [0.2, 0.25) is 0 Å². The van der Waals surface area contributed by atoms with Crippen molar-refractivity contribution in [3.8, 4) is 11.8 Å². The Kier molecular flexibility index (Phi) is 7.39. The number of hydrogen-bond acceptors (Lipinski definition) is 3. The third kappa shape index (κ3) is 7.37. The van der Waals surface area contributed by atoms with Crippen molar-refractivity contribution in [2.24, 2.45) is 0 Å². The first kappa shape index (κ1) is 14.4. The Morgan fingerprint density at radius 2 is 2.07 bits per heavy atom. The van der Waals surface area contributed by atoms with Gasteiger partial charge in [0, 0.05) is 13.1 Å². The number of nitrogens with one attached hydrogen (secondary N) is 1. The van der Waals surface area contributed by atoms with Crippen LogP contribution in [0.4, 0.5) is 0 Å². The lowest BCUT2D eigenvalue weighted by atomic mass is 10.4. The number of rotatable bonds is 7. The first-order valence-corrected chi connectivity index (χ1v) is 6.92. The molecule has 0 bridgehead atoms. The summed E-state index contributed by atoms with van der Waals surface area (Å²) < 4.78 is 23.9. The quantitative estimate of drug-likeness (QED) is 0.506. The number of nitrogens with zero attached hydrogens (tertiary/aromatic N) is 1. The van der Waals surface area contributed by atoms with Crippen LogP contribution in [0.25, 0.3) is 0 Å². The van der Waals surface area contributed by atoms with E-state index < -0.39 is 10.0 Å². The molecule has 0 fully saturated rings. The van der Waals surface area contributed by atoms with Crippen LogP contribution < -0.4 is 5.32 Å². The van der Waals surface area contributed by atoms with Crippen molar-refractivity contribution >= 4 is 10.0 Å². The average molecular weight is 232 g/mol. The summed E-state index contributed by atoms with van der Waals surface area (Å²) in [6.07, 6.45) is 2.05. The largest absolute Gasteiger partial charge is 0.306 e. The lowest BCUT2D eigenvalue weighted by Gasteiger charge is -2.17. The van der Waals surface area contributed by atoms with E-state index in [9.17, 15) is 8.42 Å². The SMILES string of the molecule is CC#CCNCCCN(CC)S(C)(=O)=O. The Balaban J connectivity index is 3.68. The van der Waals surface area contributed by atoms with Crippen molar-refractivity contribution in [3.63, 3.8) is 0 Å². The van der Waals surface area contributed by atoms with Crippen molar-refractivity contribution in [3.05, 3.63) is 0 Å². The van der Waals surface area contributed by atoms with E-state index in [-0.39, 0.29) is 0 Å². The zero-order valence-corrected chi connectivity index (χ0v) is 10.5. The minimum Gasteiger partial charge on any atom is -0.306 e. The van der Waals surface area contributed by atoms with Gasteiger partial charge in [-0.3, -0.25) is 0 Å². The molecule has 0 saturated carbocycles. The van der Waals surface area contributed by atoms with E-state index >= 15 is 0 Å². The Hall–Kier alpha value is -0.570. The maximum absolute atomic E-state index is 11.2. The molecule has 5 heteroatoms. The summed E-state index contributed by atoms with van der Waals surface area (Å²) in [5.74, 6) is 5.67. The third-order valence-electron chi connectivity index (χ3n) is 1.97. The summed E-state index contributed by atoms with van der Waals surface area (Å²) in [5, 5.41) is 3.12. The third-order valence-corrected chi connectivity index (χ3v) is 3.35. The fourth-order valence-electron chi connectivity index (χ4n) is 1.18. The molecule has 0 aliphatic rings. The maximum Gasteiger partial charge on any atom is 0.211 e. The van der Waals surface area contributed by atoms with Crippen LogP contribution in [0.15, 0.2) is 0 Å². The predicted octanol–water partition coefficient (Wildman–Crippen LogP) is 0.271. The van der Waals surface area contributed by atoms with Crippen molar-refractivity contribution in [1.29, 1.82) is 0 Å². The monoisotopic (exact) mass is 232 g/mol. The molecule has 0 aromatic rings. The lowest BCUT2D eigenvalue weighted by molar-refractivity contribution is 0.421.